The highest BCUT2D eigenvalue weighted by molar-refractivity contribution is 5.80. The number of carbonyl (C=O) groups excluding carboxylic acids is 1. The van der Waals surface area contributed by atoms with Crippen LogP contribution in [-0.4, -0.2) is 15.7 Å². The van der Waals surface area contributed by atoms with Crippen LogP contribution in [-0.2, 0) is 22.7 Å². The van der Waals surface area contributed by atoms with Crippen molar-refractivity contribution in [3.63, 3.8) is 0 Å². The number of ether oxygens (including phenoxy) is 1. The van der Waals surface area contributed by atoms with E-state index in [1.807, 2.05) is 0 Å². The average Bonchev–Trinajstić information content (AvgIpc) is 2.59. The molecule has 0 amide bonds. The minimum Gasteiger partial charge on any atom is -0.459 e. The predicted octanol–water partition coefficient (Wildman–Crippen LogP) is 1.57. The summed E-state index contributed by atoms with van der Waals surface area (Å²) in [5, 5.41) is 2.79. The van der Waals surface area contributed by atoms with Crippen LogP contribution in [0.5, 0.6) is 0 Å². The summed E-state index contributed by atoms with van der Waals surface area (Å²) in [6.45, 7) is -0.717. The first-order chi connectivity index (χ1) is 11.6. The fourth-order valence-electron chi connectivity index (χ4n) is 2.31. The lowest BCUT2D eigenvalue weighted by Gasteiger charge is -2.08. The van der Waals surface area contributed by atoms with Gasteiger partial charge in [-0.3, -0.25) is 19.5 Å². The van der Waals surface area contributed by atoms with Gasteiger partial charge in [-0.1, -0.05) is 30.3 Å². The van der Waals surface area contributed by atoms with E-state index < -0.39 is 29.4 Å². The molecular weight excluding hydrogens is 315 g/mol. The molecular formula is C17H13FN2O4. The van der Waals surface area contributed by atoms with Crippen molar-refractivity contribution in [1.82, 2.24) is 9.78 Å². The van der Waals surface area contributed by atoms with Gasteiger partial charge in [0.2, 0.25) is 0 Å². The molecule has 0 saturated carbocycles. The lowest BCUT2D eigenvalue weighted by Crippen LogP contribution is -2.32. The lowest BCUT2D eigenvalue weighted by atomic mass is 10.2. The summed E-state index contributed by atoms with van der Waals surface area (Å²) in [6, 6.07) is 12.2. The molecule has 24 heavy (non-hydrogen) atoms. The smallest absolute Gasteiger partial charge is 0.328 e. The predicted molar refractivity (Wildman–Crippen MR) is 85.0 cm³/mol. The third kappa shape index (κ3) is 3.10. The average molecular weight is 328 g/mol. The maximum Gasteiger partial charge on any atom is 0.328 e. The zero-order chi connectivity index (χ0) is 17.1. The highest BCUT2D eigenvalue weighted by Gasteiger charge is 2.12. The number of esters is 1. The third-order valence-electron chi connectivity index (χ3n) is 3.52. The monoisotopic (exact) mass is 328 g/mol. The largest absolute Gasteiger partial charge is 0.459 e. The SMILES string of the molecule is O=C(Cn1[nH]c(=O)c2ccccc2c1=O)OCc1ccccc1F. The summed E-state index contributed by atoms with van der Waals surface area (Å²) in [6.07, 6.45) is 0. The van der Waals surface area contributed by atoms with Crippen LogP contribution in [0, 0.1) is 5.82 Å². The molecule has 1 aromatic heterocycles. The molecule has 6 nitrogen and oxygen atoms in total. The first kappa shape index (κ1) is 15.7. The Labute approximate surface area is 135 Å². The van der Waals surface area contributed by atoms with E-state index in [2.05, 4.69) is 5.10 Å². The summed E-state index contributed by atoms with van der Waals surface area (Å²) in [5.41, 5.74) is -0.759. The van der Waals surface area contributed by atoms with Crippen molar-refractivity contribution >= 4 is 16.7 Å². The van der Waals surface area contributed by atoms with Crippen LogP contribution < -0.4 is 11.1 Å². The molecule has 3 aromatic rings. The van der Waals surface area contributed by atoms with Gasteiger partial charge in [-0.25, -0.2) is 9.07 Å². The van der Waals surface area contributed by atoms with Crippen LogP contribution >= 0.6 is 0 Å². The van der Waals surface area contributed by atoms with Crippen molar-refractivity contribution in [2.75, 3.05) is 0 Å². The number of aromatic nitrogens is 2. The highest BCUT2D eigenvalue weighted by Crippen LogP contribution is 2.08. The van der Waals surface area contributed by atoms with Gasteiger partial charge in [-0.15, -0.1) is 0 Å². The molecule has 0 saturated heterocycles. The minimum absolute atomic E-state index is 0.211. The number of nitrogens with one attached hydrogen (secondary N) is 1. The Balaban J connectivity index is 1.79. The first-order valence-corrected chi connectivity index (χ1v) is 7.17. The standard InChI is InChI=1S/C17H13FN2O4/c18-14-8-4-1-5-11(14)10-24-15(21)9-20-17(23)13-7-3-2-6-12(13)16(22)19-20/h1-8H,9-10H2,(H,19,22). The zero-order valence-electron chi connectivity index (χ0n) is 12.5. The molecule has 1 heterocycles. The molecule has 0 bridgehead atoms. The van der Waals surface area contributed by atoms with E-state index in [0.717, 1.165) is 4.68 Å². The third-order valence-corrected chi connectivity index (χ3v) is 3.52. The summed E-state index contributed by atoms with van der Waals surface area (Å²) in [5.74, 6) is -1.24. The fourth-order valence-corrected chi connectivity index (χ4v) is 2.31. The van der Waals surface area contributed by atoms with Gasteiger partial charge in [0.25, 0.3) is 11.1 Å². The Morgan fingerprint density at radius 2 is 1.71 bits per heavy atom. The Bertz CT molecular complexity index is 1020. The summed E-state index contributed by atoms with van der Waals surface area (Å²) < 4.78 is 19.3. The van der Waals surface area contributed by atoms with E-state index in [0.29, 0.717) is 0 Å². The second-order valence-electron chi connectivity index (χ2n) is 5.13. The van der Waals surface area contributed by atoms with Crippen molar-refractivity contribution in [1.29, 1.82) is 0 Å². The van der Waals surface area contributed by atoms with Gasteiger partial charge in [-0.05, 0) is 18.2 Å². The van der Waals surface area contributed by atoms with E-state index in [1.54, 1.807) is 18.2 Å². The molecule has 0 atom stereocenters. The number of benzene rings is 2. The van der Waals surface area contributed by atoms with Crippen LogP contribution in [0.2, 0.25) is 0 Å². The lowest BCUT2D eigenvalue weighted by molar-refractivity contribution is -0.146. The number of hydrogen-bond acceptors (Lipinski definition) is 4. The molecule has 7 heteroatoms. The number of carbonyl (C=O) groups is 1. The summed E-state index contributed by atoms with van der Waals surface area (Å²) in [4.78, 5) is 36.1. The Hall–Kier alpha value is -3.22. The summed E-state index contributed by atoms with van der Waals surface area (Å²) >= 11 is 0. The second kappa shape index (κ2) is 6.49. The van der Waals surface area contributed by atoms with Crippen molar-refractivity contribution in [3.05, 3.63) is 80.6 Å². The molecule has 122 valence electrons. The van der Waals surface area contributed by atoms with Crippen molar-refractivity contribution in [3.8, 4) is 0 Å². The van der Waals surface area contributed by atoms with Crippen molar-refractivity contribution in [2.24, 2.45) is 0 Å². The van der Waals surface area contributed by atoms with Crippen LogP contribution in [0.3, 0.4) is 0 Å². The molecule has 1 N–H and O–H groups in total. The van der Waals surface area contributed by atoms with Gasteiger partial charge in [0, 0.05) is 5.56 Å². The molecule has 2 aromatic carbocycles. The molecule has 0 aliphatic heterocycles. The van der Waals surface area contributed by atoms with Crippen LogP contribution in [0.1, 0.15) is 5.56 Å². The van der Waals surface area contributed by atoms with E-state index in [9.17, 15) is 18.8 Å². The quantitative estimate of drug-likeness (QED) is 0.737. The maximum absolute atomic E-state index is 13.5. The molecule has 0 unspecified atom stereocenters. The summed E-state index contributed by atoms with van der Waals surface area (Å²) in [7, 11) is 0. The number of rotatable bonds is 4. The van der Waals surface area contributed by atoms with Gasteiger partial charge in [0.1, 0.15) is 19.0 Å². The second-order valence-corrected chi connectivity index (χ2v) is 5.13. The van der Waals surface area contributed by atoms with Gasteiger partial charge in [0.05, 0.1) is 10.8 Å². The van der Waals surface area contributed by atoms with E-state index in [-0.39, 0.29) is 22.9 Å². The van der Waals surface area contributed by atoms with Crippen molar-refractivity contribution in [2.45, 2.75) is 13.2 Å². The topological polar surface area (TPSA) is 81.2 Å². The molecule has 0 aliphatic rings. The van der Waals surface area contributed by atoms with Crippen LogP contribution in [0.4, 0.5) is 4.39 Å². The molecule has 0 aliphatic carbocycles. The first-order valence-electron chi connectivity index (χ1n) is 7.17. The van der Waals surface area contributed by atoms with Crippen LogP contribution in [0.15, 0.2) is 58.1 Å². The number of halogens is 1. The number of hydrogen-bond donors (Lipinski definition) is 1. The van der Waals surface area contributed by atoms with E-state index >= 15 is 0 Å². The Morgan fingerprint density at radius 1 is 1.04 bits per heavy atom. The Kier molecular flexibility index (Phi) is 4.24. The molecule has 0 radical (unpaired) electrons. The molecule has 0 spiro atoms. The van der Waals surface area contributed by atoms with E-state index in [4.69, 9.17) is 4.74 Å². The zero-order valence-corrected chi connectivity index (χ0v) is 12.5. The van der Waals surface area contributed by atoms with Gasteiger partial charge < -0.3 is 4.74 Å². The number of H-pyrrole nitrogens is 1. The highest BCUT2D eigenvalue weighted by atomic mass is 19.1. The maximum atomic E-state index is 13.5. The minimum atomic E-state index is -0.758. The van der Waals surface area contributed by atoms with Gasteiger partial charge in [0.15, 0.2) is 0 Å². The number of aromatic amines is 1. The van der Waals surface area contributed by atoms with Crippen LogP contribution in [0.25, 0.3) is 10.8 Å². The molecule has 3 rings (SSSR count). The van der Waals surface area contributed by atoms with E-state index in [1.165, 1.54) is 30.3 Å². The Morgan fingerprint density at radius 3 is 2.46 bits per heavy atom. The van der Waals surface area contributed by atoms with Gasteiger partial charge >= 0.3 is 5.97 Å². The number of fused-ring (bicyclic) bond motifs is 1. The van der Waals surface area contributed by atoms with Crippen molar-refractivity contribution < 1.29 is 13.9 Å². The van der Waals surface area contributed by atoms with Gasteiger partial charge in [-0.2, -0.15) is 0 Å². The normalized spacial score (nSPS) is 10.7. The molecule has 0 fully saturated rings. The number of nitrogens with zero attached hydrogens (tertiary/aromatic N) is 1. The fraction of sp³-hybridized carbons (Fsp3) is 0.118.